The van der Waals surface area contributed by atoms with Gasteiger partial charge in [-0.1, -0.05) is 18.2 Å². The number of carbonyl (C=O) groups is 3. The molecule has 2 amide bonds. The van der Waals surface area contributed by atoms with Crippen LogP contribution in [0.2, 0.25) is 0 Å². The molecule has 1 N–H and O–H groups in total. The molecule has 31 heavy (non-hydrogen) atoms. The summed E-state index contributed by atoms with van der Waals surface area (Å²) in [6.45, 7) is 1.08. The number of ether oxygens (including phenoxy) is 3. The number of hydrogen-bond acceptors (Lipinski definition) is 6. The number of nitrogens with zero attached hydrogens (tertiary/aromatic N) is 1. The van der Waals surface area contributed by atoms with Gasteiger partial charge in [-0.15, -0.1) is 0 Å². The Morgan fingerprint density at radius 2 is 1.71 bits per heavy atom. The van der Waals surface area contributed by atoms with Crippen LogP contribution >= 0.6 is 0 Å². The minimum Gasteiger partial charge on any atom is -0.493 e. The summed E-state index contributed by atoms with van der Waals surface area (Å²) < 4.78 is 15.6. The zero-order chi connectivity index (χ0) is 22.8. The molecule has 0 fully saturated rings. The molecule has 8 nitrogen and oxygen atoms in total. The van der Waals surface area contributed by atoms with E-state index in [9.17, 15) is 14.4 Å². The van der Waals surface area contributed by atoms with Crippen LogP contribution in [0.4, 0.5) is 5.69 Å². The summed E-state index contributed by atoms with van der Waals surface area (Å²) in [5.41, 5.74) is 1.92. The molecule has 0 saturated heterocycles. The lowest BCUT2D eigenvalue weighted by Gasteiger charge is -2.12. The SMILES string of the molecule is C/C=C/c1ccc(OCC(=O)OCC(=O)Nc2ccc(C(=O)N(C)C)cc2)c(OC)c1. The Morgan fingerprint density at radius 3 is 2.32 bits per heavy atom. The van der Waals surface area contributed by atoms with Crippen molar-refractivity contribution in [1.29, 1.82) is 0 Å². The largest absolute Gasteiger partial charge is 0.493 e. The van der Waals surface area contributed by atoms with Crippen LogP contribution in [0.1, 0.15) is 22.8 Å². The molecule has 0 aliphatic carbocycles. The van der Waals surface area contributed by atoms with Gasteiger partial charge in [0.05, 0.1) is 7.11 Å². The van der Waals surface area contributed by atoms with Crippen LogP contribution in [-0.2, 0) is 14.3 Å². The minimum atomic E-state index is -0.693. The lowest BCUT2D eigenvalue weighted by atomic mass is 10.2. The van der Waals surface area contributed by atoms with Gasteiger partial charge in [-0.05, 0) is 48.9 Å². The van der Waals surface area contributed by atoms with Crippen LogP contribution in [0, 0.1) is 0 Å². The molecular weight excluding hydrogens is 400 g/mol. The maximum Gasteiger partial charge on any atom is 0.344 e. The fraction of sp³-hybridized carbons (Fsp3) is 0.261. The molecule has 0 bridgehead atoms. The molecule has 2 rings (SSSR count). The number of methoxy groups -OCH3 is 1. The molecule has 0 atom stereocenters. The number of hydrogen-bond donors (Lipinski definition) is 1. The predicted molar refractivity (Wildman–Crippen MR) is 117 cm³/mol. The highest BCUT2D eigenvalue weighted by Crippen LogP contribution is 2.28. The average molecular weight is 426 g/mol. The van der Waals surface area contributed by atoms with Gasteiger partial charge in [0.15, 0.2) is 24.7 Å². The molecule has 0 heterocycles. The van der Waals surface area contributed by atoms with Crippen LogP contribution in [0.3, 0.4) is 0 Å². The Bertz CT molecular complexity index is 951. The highest BCUT2D eigenvalue weighted by Gasteiger charge is 2.12. The van der Waals surface area contributed by atoms with Gasteiger partial charge in [0, 0.05) is 25.3 Å². The van der Waals surface area contributed by atoms with Crippen LogP contribution < -0.4 is 14.8 Å². The molecule has 0 saturated carbocycles. The number of benzene rings is 2. The summed E-state index contributed by atoms with van der Waals surface area (Å²) in [7, 11) is 4.82. The lowest BCUT2D eigenvalue weighted by Crippen LogP contribution is -2.24. The van der Waals surface area contributed by atoms with Crippen molar-refractivity contribution in [3.63, 3.8) is 0 Å². The van der Waals surface area contributed by atoms with Crippen molar-refractivity contribution >= 4 is 29.5 Å². The first-order chi connectivity index (χ1) is 14.8. The summed E-state index contributed by atoms with van der Waals surface area (Å²) in [6.07, 6.45) is 3.81. The summed E-state index contributed by atoms with van der Waals surface area (Å²) in [4.78, 5) is 37.2. The monoisotopic (exact) mass is 426 g/mol. The molecule has 0 radical (unpaired) electrons. The number of rotatable bonds is 9. The summed E-state index contributed by atoms with van der Waals surface area (Å²) in [6, 6.07) is 11.7. The standard InChI is InChI=1S/C23H26N2O6/c1-5-6-16-7-12-19(20(13-16)29-4)30-15-22(27)31-14-21(26)24-18-10-8-17(9-11-18)23(28)25(2)3/h5-13H,14-15H2,1-4H3,(H,24,26)/b6-5+. The molecule has 164 valence electrons. The molecular formula is C23H26N2O6. The first kappa shape index (κ1) is 23.5. The van der Waals surface area contributed by atoms with Gasteiger partial charge in [0.2, 0.25) is 0 Å². The van der Waals surface area contributed by atoms with Gasteiger partial charge in [-0.25, -0.2) is 4.79 Å². The van der Waals surface area contributed by atoms with Crippen LogP contribution in [0.15, 0.2) is 48.5 Å². The number of allylic oxidation sites excluding steroid dienone is 1. The topological polar surface area (TPSA) is 94.2 Å². The fourth-order valence-electron chi connectivity index (χ4n) is 2.58. The number of esters is 1. The second-order valence-electron chi connectivity index (χ2n) is 6.68. The van der Waals surface area contributed by atoms with E-state index in [4.69, 9.17) is 14.2 Å². The van der Waals surface area contributed by atoms with E-state index < -0.39 is 18.5 Å². The Balaban J connectivity index is 1.81. The van der Waals surface area contributed by atoms with Crippen molar-refractivity contribution in [2.75, 3.05) is 39.7 Å². The van der Waals surface area contributed by atoms with E-state index in [0.29, 0.717) is 22.7 Å². The Morgan fingerprint density at radius 1 is 1.00 bits per heavy atom. The second-order valence-corrected chi connectivity index (χ2v) is 6.68. The number of amides is 2. The van der Waals surface area contributed by atoms with E-state index in [1.807, 2.05) is 25.1 Å². The normalized spacial score (nSPS) is 10.5. The molecule has 0 unspecified atom stereocenters. The van der Waals surface area contributed by atoms with Crippen LogP contribution in [0.5, 0.6) is 11.5 Å². The summed E-state index contributed by atoms with van der Waals surface area (Å²) >= 11 is 0. The second kappa shape index (κ2) is 11.4. The third-order valence-electron chi connectivity index (χ3n) is 4.08. The van der Waals surface area contributed by atoms with Crippen LogP contribution in [0.25, 0.3) is 6.08 Å². The maximum absolute atomic E-state index is 12.0. The number of carbonyl (C=O) groups excluding carboxylic acids is 3. The quantitative estimate of drug-likeness (QED) is 0.620. The lowest BCUT2D eigenvalue weighted by molar-refractivity contribution is -0.149. The molecule has 0 spiro atoms. The number of anilines is 1. The highest BCUT2D eigenvalue weighted by atomic mass is 16.6. The zero-order valence-electron chi connectivity index (χ0n) is 18.0. The number of nitrogens with one attached hydrogen (secondary N) is 1. The molecule has 0 aromatic heterocycles. The van der Waals surface area contributed by atoms with E-state index in [1.54, 1.807) is 50.5 Å². The van der Waals surface area contributed by atoms with Gasteiger partial charge < -0.3 is 24.4 Å². The van der Waals surface area contributed by atoms with Crippen LogP contribution in [-0.4, -0.2) is 57.1 Å². The zero-order valence-corrected chi connectivity index (χ0v) is 18.0. The van der Waals surface area contributed by atoms with E-state index >= 15 is 0 Å². The third kappa shape index (κ3) is 7.18. The maximum atomic E-state index is 12.0. The highest BCUT2D eigenvalue weighted by molar-refractivity contribution is 5.96. The van der Waals surface area contributed by atoms with Crippen molar-refractivity contribution in [3.8, 4) is 11.5 Å². The average Bonchev–Trinajstić information content (AvgIpc) is 2.76. The van der Waals surface area contributed by atoms with Crippen molar-refractivity contribution in [2.45, 2.75) is 6.92 Å². The smallest absolute Gasteiger partial charge is 0.344 e. The third-order valence-corrected chi connectivity index (χ3v) is 4.08. The first-order valence-electron chi connectivity index (χ1n) is 9.54. The van der Waals surface area contributed by atoms with E-state index in [2.05, 4.69) is 5.32 Å². The van der Waals surface area contributed by atoms with E-state index in [1.165, 1.54) is 12.0 Å². The molecule has 2 aromatic carbocycles. The molecule has 0 aliphatic heterocycles. The Kier molecular flexibility index (Phi) is 8.63. The van der Waals surface area contributed by atoms with Gasteiger partial charge in [-0.2, -0.15) is 0 Å². The molecule has 2 aromatic rings. The van der Waals surface area contributed by atoms with E-state index in [0.717, 1.165) is 5.56 Å². The molecule has 8 heteroatoms. The van der Waals surface area contributed by atoms with Gasteiger partial charge in [0.25, 0.3) is 11.8 Å². The van der Waals surface area contributed by atoms with Crippen molar-refractivity contribution in [3.05, 3.63) is 59.7 Å². The molecule has 0 aliphatic rings. The Labute approximate surface area is 181 Å². The summed E-state index contributed by atoms with van der Waals surface area (Å²) in [5, 5.41) is 2.59. The summed E-state index contributed by atoms with van der Waals surface area (Å²) in [5.74, 6) is -0.461. The van der Waals surface area contributed by atoms with E-state index in [-0.39, 0.29) is 12.5 Å². The first-order valence-corrected chi connectivity index (χ1v) is 9.54. The van der Waals surface area contributed by atoms with Gasteiger partial charge in [0.1, 0.15) is 0 Å². The minimum absolute atomic E-state index is 0.139. The van der Waals surface area contributed by atoms with Gasteiger partial charge >= 0.3 is 5.97 Å². The van der Waals surface area contributed by atoms with Crippen molar-refractivity contribution < 1.29 is 28.6 Å². The Hall–Kier alpha value is -3.81. The van der Waals surface area contributed by atoms with Crippen molar-refractivity contribution in [2.24, 2.45) is 0 Å². The van der Waals surface area contributed by atoms with Crippen molar-refractivity contribution in [1.82, 2.24) is 4.90 Å². The van der Waals surface area contributed by atoms with Gasteiger partial charge in [-0.3, -0.25) is 9.59 Å². The predicted octanol–water partition coefficient (Wildman–Crippen LogP) is 2.99. The fourth-order valence-corrected chi connectivity index (χ4v) is 2.58.